The van der Waals surface area contributed by atoms with Gasteiger partial charge in [-0.05, 0) is 32.2 Å². The molecule has 1 rings (SSSR count). The summed E-state index contributed by atoms with van der Waals surface area (Å²) in [5, 5.41) is 9.10. The van der Waals surface area contributed by atoms with Crippen LogP contribution in [0.5, 0.6) is 0 Å². The highest BCUT2D eigenvalue weighted by atomic mass is 16.5. The van der Waals surface area contributed by atoms with E-state index in [1.165, 1.54) is 38.5 Å². The molecule has 1 aliphatic carbocycles. The summed E-state index contributed by atoms with van der Waals surface area (Å²) in [5.74, 6) is 0. The third-order valence-corrected chi connectivity index (χ3v) is 3.52. The summed E-state index contributed by atoms with van der Waals surface area (Å²) in [4.78, 5) is 2.48. The van der Waals surface area contributed by atoms with E-state index >= 15 is 0 Å². The van der Waals surface area contributed by atoms with E-state index in [0.717, 1.165) is 32.2 Å². The molecule has 0 unspecified atom stereocenters. The van der Waals surface area contributed by atoms with Crippen molar-refractivity contribution in [1.82, 2.24) is 4.90 Å². The molecule has 1 aliphatic rings. The van der Waals surface area contributed by atoms with Gasteiger partial charge in [0.1, 0.15) is 0 Å². The molecular formula is C13H27NO2. The maximum atomic E-state index is 9.10. The average Bonchev–Trinajstić information content (AvgIpc) is 2.34. The first-order valence-corrected chi connectivity index (χ1v) is 6.72. The lowest BCUT2D eigenvalue weighted by Crippen LogP contribution is -2.39. The van der Waals surface area contributed by atoms with Crippen molar-refractivity contribution in [3.63, 3.8) is 0 Å². The van der Waals surface area contributed by atoms with Gasteiger partial charge in [-0.3, -0.25) is 4.90 Å². The van der Waals surface area contributed by atoms with E-state index in [9.17, 15) is 0 Å². The minimum absolute atomic E-state index is 0.292. The van der Waals surface area contributed by atoms with Gasteiger partial charge in [-0.1, -0.05) is 19.3 Å². The molecule has 3 nitrogen and oxygen atoms in total. The number of aliphatic hydroxyl groups is 1. The van der Waals surface area contributed by atoms with Crippen LogP contribution < -0.4 is 0 Å². The summed E-state index contributed by atoms with van der Waals surface area (Å²) in [5.41, 5.74) is 0. The normalized spacial score (nSPS) is 18.2. The minimum atomic E-state index is 0.292. The molecule has 1 N–H and O–H groups in total. The third kappa shape index (κ3) is 5.28. The van der Waals surface area contributed by atoms with Crippen molar-refractivity contribution >= 4 is 0 Å². The van der Waals surface area contributed by atoms with Gasteiger partial charge < -0.3 is 9.84 Å². The summed E-state index contributed by atoms with van der Waals surface area (Å²) < 4.78 is 5.06. The minimum Gasteiger partial charge on any atom is -0.395 e. The highest BCUT2D eigenvalue weighted by molar-refractivity contribution is 4.75. The predicted molar refractivity (Wildman–Crippen MR) is 66.6 cm³/mol. The lowest BCUT2D eigenvalue weighted by Gasteiger charge is -2.34. The number of nitrogens with zero attached hydrogens (tertiary/aromatic N) is 1. The van der Waals surface area contributed by atoms with Crippen LogP contribution in [0.15, 0.2) is 0 Å². The number of methoxy groups -OCH3 is 1. The second-order valence-corrected chi connectivity index (χ2v) is 4.75. The summed E-state index contributed by atoms with van der Waals surface area (Å²) in [6.45, 7) is 3.12. The maximum Gasteiger partial charge on any atom is 0.0558 e. The van der Waals surface area contributed by atoms with Crippen LogP contribution in [-0.4, -0.2) is 49.5 Å². The molecule has 1 saturated carbocycles. The predicted octanol–water partition coefficient (Wildman–Crippen LogP) is 2.04. The van der Waals surface area contributed by atoms with Crippen molar-refractivity contribution in [2.24, 2.45) is 0 Å². The molecule has 96 valence electrons. The van der Waals surface area contributed by atoms with Crippen molar-refractivity contribution < 1.29 is 9.84 Å². The van der Waals surface area contributed by atoms with Crippen molar-refractivity contribution in [2.45, 2.75) is 51.0 Å². The second kappa shape index (κ2) is 8.97. The smallest absolute Gasteiger partial charge is 0.0558 e. The molecule has 0 aromatic rings. The first-order valence-electron chi connectivity index (χ1n) is 6.72. The molecule has 0 aromatic carbocycles. The zero-order valence-electron chi connectivity index (χ0n) is 10.7. The van der Waals surface area contributed by atoms with Crippen LogP contribution in [0.25, 0.3) is 0 Å². The van der Waals surface area contributed by atoms with Crippen LogP contribution in [0.3, 0.4) is 0 Å². The van der Waals surface area contributed by atoms with Gasteiger partial charge in [-0.2, -0.15) is 0 Å². The van der Waals surface area contributed by atoms with Crippen LogP contribution >= 0.6 is 0 Å². The van der Waals surface area contributed by atoms with Crippen molar-refractivity contribution in [2.75, 3.05) is 33.4 Å². The molecule has 0 spiro atoms. The van der Waals surface area contributed by atoms with E-state index in [2.05, 4.69) is 4.90 Å². The monoisotopic (exact) mass is 229 g/mol. The Kier molecular flexibility index (Phi) is 7.81. The molecule has 16 heavy (non-hydrogen) atoms. The maximum absolute atomic E-state index is 9.10. The Morgan fingerprint density at radius 1 is 1.12 bits per heavy atom. The van der Waals surface area contributed by atoms with Gasteiger partial charge in [-0.25, -0.2) is 0 Å². The Morgan fingerprint density at radius 2 is 1.88 bits per heavy atom. The van der Waals surface area contributed by atoms with Crippen molar-refractivity contribution in [3.05, 3.63) is 0 Å². The molecule has 1 fully saturated rings. The molecule has 0 bridgehead atoms. The van der Waals surface area contributed by atoms with Gasteiger partial charge in [0, 0.05) is 26.3 Å². The van der Waals surface area contributed by atoms with E-state index in [1.807, 2.05) is 0 Å². The zero-order chi connectivity index (χ0) is 11.6. The Balaban J connectivity index is 2.22. The molecule has 0 atom stereocenters. The Bertz CT molecular complexity index is 158. The molecule has 0 saturated heterocycles. The van der Waals surface area contributed by atoms with Gasteiger partial charge in [0.2, 0.25) is 0 Å². The number of rotatable bonds is 8. The third-order valence-electron chi connectivity index (χ3n) is 3.52. The summed E-state index contributed by atoms with van der Waals surface area (Å²) in [6.07, 6.45) is 9.09. The van der Waals surface area contributed by atoms with E-state index in [0.29, 0.717) is 6.61 Å². The lowest BCUT2D eigenvalue weighted by molar-refractivity contribution is 0.116. The van der Waals surface area contributed by atoms with Gasteiger partial charge >= 0.3 is 0 Å². The van der Waals surface area contributed by atoms with Gasteiger partial charge in [0.15, 0.2) is 0 Å². The Labute approximate surface area is 99.8 Å². The molecule has 0 aromatic heterocycles. The van der Waals surface area contributed by atoms with Crippen LogP contribution in [0.2, 0.25) is 0 Å². The van der Waals surface area contributed by atoms with Crippen LogP contribution in [-0.2, 0) is 4.74 Å². The van der Waals surface area contributed by atoms with Gasteiger partial charge in [0.25, 0.3) is 0 Å². The average molecular weight is 229 g/mol. The lowest BCUT2D eigenvalue weighted by atomic mass is 9.94. The van der Waals surface area contributed by atoms with Crippen LogP contribution in [0.1, 0.15) is 44.9 Å². The summed E-state index contributed by atoms with van der Waals surface area (Å²) in [6, 6.07) is 0.725. The molecule has 0 amide bonds. The summed E-state index contributed by atoms with van der Waals surface area (Å²) >= 11 is 0. The SMILES string of the molecule is COCCCCN(CCO)C1CCCCC1. The number of hydrogen-bond donors (Lipinski definition) is 1. The Hall–Kier alpha value is -0.120. The number of aliphatic hydroxyl groups excluding tert-OH is 1. The van der Waals surface area contributed by atoms with E-state index < -0.39 is 0 Å². The first kappa shape index (κ1) is 13.9. The molecule has 0 aliphatic heterocycles. The highest BCUT2D eigenvalue weighted by Gasteiger charge is 2.19. The highest BCUT2D eigenvalue weighted by Crippen LogP contribution is 2.22. The van der Waals surface area contributed by atoms with Crippen LogP contribution in [0.4, 0.5) is 0 Å². The molecular weight excluding hydrogens is 202 g/mol. The van der Waals surface area contributed by atoms with Crippen LogP contribution in [0, 0.1) is 0 Å². The quantitative estimate of drug-likeness (QED) is 0.647. The topological polar surface area (TPSA) is 32.7 Å². The summed E-state index contributed by atoms with van der Waals surface area (Å²) in [7, 11) is 1.76. The first-order chi connectivity index (χ1) is 7.88. The van der Waals surface area contributed by atoms with Gasteiger partial charge in [-0.15, -0.1) is 0 Å². The Morgan fingerprint density at radius 3 is 2.50 bits per heavy atom. The fourth-order valence-corrected chi connectivity index (χ4v) is 2.61. The van der Waals surface area contributed by atoms with E-state index in [-0.39, 0.29) is 0 Å². The van der Waals surface area contributed by atoms with E-state index in [4.69, 9.17) is 9.84 Å². The van der Waals surface area contributed by atoms with Crippen molar-refractivity contribution in [1.29, 1.82) is 0 Å². The van der Waals surface area contributed by atoms with Crippen molar-refractivity contribution in [3.8, 4) is 0 Å². The largest absolute Gasteiger partial charge is 0.395 e. The fraction of sp³-hybridized carbons (Fsp3) is 1.00. The van der Waals surface area contributed by atoms with E-state index in [1.54, 1.807) is 7.11 Å². The fourth-order valence-electron chi connectivity index (χ4n) is 2.61. The number of hydrogen-bond acceptors (Lipinski definition) is 3. The molecule has 0 heterocycles. The standard InChI is InChI=1S/C13H27NO2/c1-16-12-6-5-9-14(10-11-15)13-7-3-2-4-8-13/h13,15H,2-12H2,1H3. The zero-order valence-corrected chi connectivity index (χ0v) is 10.7. The van der Waals surface area contributed by atoms with Gasteiger partial charge in [0.05, 0.1) is 6.61 Å². The second-order valence-electron chi connectivity index (χ2n) is 4.75. The number of ether oxygens (including phenoxy) is 1. The molecule has 0 radical (unpaired) electrons. The number of unbranched alkanes of at least 4 members (excludes halogenated alkanes) is 1. The molecule has 3 heteroatoms.